The van der Waals surface area contributed by atoms with E-state index in [0.717, 1.165) is 15.9 Å². The lowest BCUT2D eigenvalue weighted by Gasteiger charge is -2.14. The van der Waals surface area contributed by atoms with Crippen molar-refractivity contribution < 1.29 is 9.47 Å². The molecule has 1 aromatic carbocycles. The van der Waals surface area contributed by atoms with E-state index >= 15 is 0 Å². The molecule has 0 fully saturated rings. The molecule has 0 aliphatic rings. The van der Waals surface area contributed by atoms with Crippen molar-refractivity contribution in [3.63, 3.8) is 0 Å². The van der Waals surface area contributed by atoms with Gasteiger partial charge in [0.25, 0.3) is 0 Å². The SMILES string of the molecule is COc1cc(CNC(C)c2ncc[nH]2)cc(Br)c1OC. The topological polar surface area (TPSA) is 59.2 Å². The molecule has 0 aliphatic heterocycles. The molecule has 2 rings (SSSR count). The Bertz CT molecular complexity index is 558. The zero-order valence-electron chi connectivity index (χ0n) is 11.7. The Morgan fingerprint density at radius 1 is 1.35 bits per heavy atom. The van der Waals surface area contributed by atoms with E-state index in [4.69, 9.17) is 9.47 Å². The molecule has 1 atom stereocenters. The summed E-state index contributed by atoms with van der Waals surface area (Å²) in [6.07, 6.45) is 3.57. The van der Waals surface area contributed by atoms with Gasteiger partial charge in [0.2, 0.25) is 0 Å². The molecule has 1 heterocycles. The van der Waals surface area contributed by atoms with E-state index < -0.39 is 0 Å². The molecule has 20 heavy (non-hydrogen) atoms. The van der Waals surface area contributed by atoms with Crippen LogP contribution in [0.3, 0.4) is 0 Å². The van der Waals surface area contributed by atoms with Crippen LogP contribution < -0.4 is 14.8 Å². The fraction of sp³-hybridized carbons (Fsp3) is 0.357. The molecule has 6 heteroatoms. The van der Waals surface area contributed by atoms with Gasteiger partial charge >= 0.3 is 0 Å². The van der Waals surface area contributed by atoms with Gasteiger partial charge in [-0.15, -0.1) is 0 Å². The first-order valence-electron chi connectivity index (χ1n) is 6.28. The molecule has 108 valence electrons. The minimum absolute atomic E-state index is 0.150. The monoisotopic (exact) mass is 339 g/mol. The maximum absolute atomic E-state index is 5.34. The first kappa shape index (κ1) is 14.9. The number of imidazole rings is 1. The molecule has 0 saturated heterocycles. The third-order valence-corrected chi connectivity index (χ3v) is 3.62. The van der Waals surface area contributed by atoms with Crippen LogP contribution >= 0.6 is 15.9 Å². The van der Waals surface area contributed by atoms with Gasteiger partial charge in [0.05, 0.1) is 24.7 Å². The summed E-state index contributed by atoms with van der Waals surface area (Å²) >= 11 is 3.49. The van der Waals surface area contributed by atoms with Crippen LogP contribution in [0.15, 0.2) is 29.0 Å². The molecule has 5 nitrogen and oxygen atoms in total. The number of nitrogens with one attached hydrogen (secondary N) is 2. The van der Waals surface area contributed by atoms with Gasteiger partial charge in [-0.1, -0.05) is 0 Å². The summed E-state index contributed by atoms with van der Waals surface area (Å²) < 4.78 is 11.5. The third kappa shape index (κ3) is 3.32. The highest BCUT2D eigenvalue weighted by Crippen LogP contribution is 2.36. The second-order valence-corrected chi connectivity index (χ2v) is 5.24. The first-order chi connectivity index (χ1) is 9.65. The smallest absolute Gasteiger partial charge is 0.174 e. The van der Waals surface area contributed by atoms with E-state index in [1.807, 2.05) is 18.3 Å². The summed E-state index contributed by atoms with van der Waals surface area (Å²) in [7, 11) is 3.26. The molecule has 0 saturated carbocycles. The molecule has 1 unspecified atom stereocenters. The largest absolute Gasteiger partial charge is 0.493 e. The van der Waals surface area contributed by atoms with Gasteiger partial charge in [-0.3, -0.25) is 0 Å². The Labute approximate surface area is 126 Å². The summed E-state index contributed by atoms with van der Waals surface area (Å²) in [5.74, 6) is 2.34. The molecule has 0 radical (unpaired) electrons. The van der Waals surface area contributed by atoms with Gasteiger partial charge in [-0.2, -0.15) is 0 Å². The highest BCUT2D eigenvalue weighted by molar-refractivity contribution is 9.10. The van der Waals surface area contributed by atoms with Crippen molar-refractivity contribution >= 4 is 15.9 Å². The summed E-state index contributed by atoms with van der Waals surface area (Å²) in [5.41, 5.74) is 1.10. The number of hydrogen-bond donors (Lipinski definition) is 2. The molecule has 0 amide bonds. The van der Waals surface area contributed by atoms with Gasteiger partial charge in [-0.25, -0.2) is 4.98 Å². The maximum Gasteiger partial charge on any atom is 0.174 e. The molecular formula is C14H18BrN3O2. The van der Waals surface area contributed by atoms with E-state index in [-0.39, 0.29) is 6.04 Å². The zero-order chi connectivity index (χ0) is 14.5. The third-order valence-electron chi connectivity index (χ3n) is 3.04. The number of ether oxygens (including phenoxy) is 2. The molecule has 0 spiro atoms. The number of aromatic amines is 1. The number of hydrogen-bond acceptors (Lipinski definition) is 4. The lowest BCUT2D eigenvalue weighted by Crippen LogP contribution is -2.19. The molecule has 0 aliphatic carbocycles. The number of rotatable bonds is 6. The summed E-state index contributed by atoms with van der Waals surface area (Å²) in [5, 5.41) is 3.41. The minimum Gasteiger partial charge on any atom is -0.493 e. The molecular weight excluding hydrogens is 322 g/mol. The van der Waals surface area contributed by atoms with Gasteiger partial charge in [0.1, 0.15) is 5.82 Å². The van der Waals surface area contributed by atoms with Crippen molar-refractivity contribution in [2.75, 3.05) is 14.2 Å². The number of benzene rings is 1. The normalized spacial score (nSPS) is 12.2. The van der Waals surface area contributed by atoms with Gasteiger partial charge in [0, 0.05) is 18.9 Å². The second kappa shape index (κ2) is 6.76. The Balaban J connectivity index is 2.08. The Morgan fingerprint density at radius 3 is 2.75 bits per heavy atom. The van der Waals surface area contributed by atoms with Crippen molar-refractivity contribution in [1.82, 2.24) is 15.3 Å². The number of methoxy groups -OCH3 is 2. The van der Waals surface area contributed by atoms with E-state index in [0.29, 0.717) is 18.0 Å². The second-order valence-electron chi connectivity index (χ2n) is 4.39. The number of nitrogens with zero attached hydrogens (tertiary/aromatic N) is 1. The van der Waals surface area contributed by atoms with Crippen LogP contribution in [-0.2, 0) is 6.54 Å². The average Bonchev–Trinajstić information content (AvgIpc) is 2.98. The van der Waals surface area contributed by atoms with Crippen molar-refractivity contribution in [3.05, 3.63) is 40.4 Å². The van der Waals surface area contributed by atoms with E-state index in [2.05, 4.69) is 38.1 Å². The van der Waals surface area contributed by atoms with Crippen LogP contribution in [0.1, 0.15) is 24.4 Å². The van der Waals surface area contributed by atoms with Crippen LogP contribution in [0, 0.1) is 0 Å². The molecule has 0 bridgehead atoms. The first-order valence-corrected chi connectivity index (χ1v) is 7.08. The molecule has 2 N–H and O–H groups in total. The predicted octanol–water partition coefficient (Wildman–Crippen LogP) is 3.04. The summed E-state index contributed by atoms with van der Waals surface area (Å²) in [6.45, 7) is 2.77. The number of H-pyrrole nitrogens is 1. The van der Waals surface area contributed by atoms with Crippen LogP contribution in [0.2, 0.25) is 0 Å². The highest BCUT2D eigenvalue weighted by atomic mass is 79.9. The fourth-order valence-corrected chi connectivity index (χ4v) is 2.61. The maximum atomic E-state index is 5.34. The van der Waals surface area contributed by atoms with Crippen LogP contribution in [0.4, 0.5) is 0 Å². The van der Waals surface area contributed by atoms with Crippen LogP contribution in [0.5, 0.6) is 11.5 Å². The van der Waals surface area contributed by atoms with E-state index in [1.165, 1.54) is 0 Å². The van der Waals surface area contributed by atoms with Crippen molar-refractivity contribution in [1.29, 1.82) is 0 Å². The van der Waals surface area contributed by atoms with Crippen molar-refractivity contribution in [3.8, 4) is 11.5 Å². The van der Waals surface area contributed by atoms with E-state index in [9.17, 15) is 0 Å². The van der Waals surface area contributed by atoms with Gasteiger partial charge in [-0.05, 0) is 40.5 Å². The standard InChI is InChI=1S/C14H18BrN3O2/c1-9(14-16-4-5-17-14)18-8-10-6-11(15)13(20-3)12(7-10)19-2/h4-7,9,18H,8H2,1-3H3,(H,16,17). The average molecular weight is 340 g/mol. The lowest BCUT2D eigenvalue weighted by molar-refractivity contribution is 0.352. The Hall–Kier alpha value is -1.53. The Kier molecular flexibility index (Phi) is 5.03. The van der Waals surface area contributed by atoms with Gasteiger partial charge in [0.15, 0.2) is 11.5 Å². The minimum atomic E-state index is 0.150. The Morgan fingerprint density at radius 2 is 2.15 bits per heavy atom. The predicted molar refractivity (Wildman–Crippen MR) is 81.1 cm³/mol. The quantitative estimate of drug-likeness (QED) is 0.849. The number of halogens is 1. The zero-order valence-corrected chi connectivity index (χ0v) is 13.3. The summed E-state index contributed by atoms with van der Waals surface area (Å²) in [4.78, 5) is 7.33. The molecule has 2 aromatic rings. The van der Waals surface area contributed by atoms with Crippen LogP contribution in [0.25, 0.3) is 0 Å². The van der Waals surface area contributed by atoms with Gasteiger partial charge < -0.3 is 19.8 Å². The lowest BCUT2D eigenvalue weighted by atomic mass is 10.2. The fourth-order valence-electron chi connectivity index (χ4n) is 1.96. The summed E-state index contributed by atoms with van der Waals surface area (Å²) in [6, 6.07) is 4.13. The van der Waals surface area contributed by atoms with Crippen molar-refractivity contribution in [2.24, 2.45) is 0 Å². The molecule has 1 aromatic heterocycles. The highest BCUT2D eigenvalue weighted by Gasteiger charge is 2.12. The van der Waals surface area contributed by atoms with Crippen LogP contribution in [-0.4, -0.2) is 24.2 Å². The number of aromatic nitrogens is 2. The van der Waals surface area contributed by atoms with Crippen molar-refractivity contribution in [2.45, 2.75) is 19.5 Å². The van der Waals surface area contributed by atoms with E-state index in [1.54, 1.807) is 20.4 Å².